The molecule has 0 spiro atoms. The number of nitrogens with one attached hydrogen (secondary N) is 2. The van der Waals surface area contributed by atoms with Crippen molar-refractivity contribution < 1.29 is 14.3 Å². The molecular weight excluding hydrogens is 346 g/mol. The number of carbonyl (C=O) groups excluding carboxylic acids is 1. The molecule has 7 heteroatoms. The first-order chi connectivity index (χ1) is 13.2. The second-order valence-electron chi connectivity index (χ2n) is 6.32. The van der Waals surface area contributed by atoms with E-state index in [1.165, 1.54) is 0 Å². The van der Waals surface area contributed by atoms with Crippen molar-refractivity contribution in [2.75, 3.05) is 13.3 Å². The number of rotatable bonds is 6. The van der Waals surface area contributed by atoms with Crippen molar-refractivity contribution in [1.29, 1.82) is 0 Å². The van der Waals surface area contributed by atoms with Crippen molar-refractivity contribution in [3.63, 3.8) is 0 Å². The Morgan fingerprint density at radius 3 is 2.89 bits per heavy atom. The number of benzene rings is 2. The summed E-state index contributed by atoms with van der Waals surface area (Å²) < 4.78 is 10.6. The van der Waals surface area contributed by atoms with Gasteiger partial charge in [0.1, 0.15) is 5.82 Å². The zero-order valence-electron chi connectivity index (χ0n) is 14.7. The molecule has 1 amide bonds. The number of aromatic nitrogens is 2. The first-order valence-electron chi connectivity index (χ1n) is 8.82. The third-order valence-corrected chi connectivity index (χ3v) is 4.42. The summed E-state index contributed by atoms with van der Waals surface area (Å²) >= 11 is 0. The number of para-hydroxylation sites is 1. The molecular formula is C20H19N3O4. The van der Waals surface area contributed by atoms with Crippen molar-refractivity contribution in [1.82, 2.24) is 15.3 Å². The molecule has 3 aromatic rings. The number of aryl methyl sites for hydroxylation is 1. The summed E-state index contributed by atoms with van der Waals surface area (Å²) in [5.41, 5.74) is 1.53. The molecule has 0 bridgehead atoms. The predicted octanol–water partition coefficient (Wildman–Crippen LogP) is 1.94. The number of H-pyrrole nitrogens is 1. The van der Waals surface area contributed by atoms with E-state index < -0.39 is 0 Å². The summed E-state index contributed by atoms with van der Waals surface area (Å²) in [6.07, 6.45) is 1.35. The number of carbonyl (C=O) groups is 1. The van der Waals surface area contributed by atoms with Gasteiger partial charge in [-0.1, -0.05) is 18.2 Å². The number of nitrogens with zero attached hydrogens (tertiary/aromatic N) is 1. The average Bonchev–Trinajstić information content (AvgIpc) is 3.14. The Balaban J connectivity index is 1.28. The Bertz CT molecular complexity index is 1040. The predicted molar refractivity (Wildman–Crippen MR) is 100.0 cm³/mol. The second-order valence-corrected chi connectivity index (χ2v) is 6.32. The normalized spacial score (nSPS) is 12.3. The van der Waals surface area contributed by atoms with Crippen LogP contribution in [0.1, 0.15) is 17.8 Å². The van der Waals surface area contributed by atoms with E-state index in [0.717, 1.165) is 17.1 Å². The number of amides is 1. The molecule has 1 aromatic heterocycles. The Labute approximate surface area is 155 Å². The highest BCUT2D eigenvalue weighted by Gasteiger charge is 2.13. The van der Waals surface area contributed by atoms with Gasteiger partial charge in [-0.2, -0.15) is 0 Å². The molecule has 1 aliphatic rings. The van der Waals surface area contributed by atoms with Gasteiger partial charge >= 0.3 is 0 Å². The van der Waals surface area contributed by atoms with Gasteiger partial charge in [-0.05, 0) is 36.2 Å². The lowest BCUT2D eigenvalue weighted by Gasteiger charge is -2.06. The summed E-state index contributed by atoms with van der Waals surface area (Å²) in [7, 11) is 0. The Morgan fingerprint density at radius 2 is 1.96 bits per heavy atom. The summed E-state index contributed by atoms with van der Waals surface area (Å²) in [5, 5.41) is 3.44. The van der Waals surface area contributed by atoms with E-state index in [1.807, 2.05) is 24.3 Å². The lowest BCUT2D eigenvalue weighted by molar-refractivity contribution is -0.121. The zero-order valence-corrected chi connectivity index (χ0v) is 14.7. The van der Waals surface area contributed by atoms with E-state index in [2.05, 4.69) is 15.3 Å². The van der Waals surface area contributed by atoms with Gasteiger partial charge in [0.05, 0.1) is 10.9 Å². The van der Waals surface area contributed by atoms with Gasteiger partial charge in [0.2, 0.25) is 12.7 Å². The van der Waals surface area contributed by atoms with E-state index in [9.17, 15) is 9.59 Å². The van der Waals surface area contributed by atoms with Crippen LogP contribution in [0.4, 0.5) is 0 Å². The lowest BCUT2D eigenvalue weighted by Crippen LogP contribution is -2.26. The molecule has 0 saturated carbocycles. The summed E-state index contributed by atoms with van der Waals surface area (Å²) in [4.78, 5) is 31.3. The van der Waals surface area contributed by atoms with Crippen LogP contribution >= 0.6 is 0 Å². The van der Waals surface area contributed by atoms with Crippen molar-refractivity contribution >= 4 is 16.8 Å². The minimum Gasteiger partial charge on any atom is -0.454 e. The van der Waals surface area contributed by atoms with Gasteiger partial charge in [0.15, 0.2) is 11.5 Å². The molecule has 1 aliphatic heterocycles. The zero-order chi connectivity index (χ0) is 18.6. The third kappa shape index (κ3) is 3.92. The fourth-order valence-corrected chi connectivity index (χ4v) is 3.02. The molecule has 2 N–H and O–H groups in total. The van der Waals surface area contributed by atoms with Crippen LogP contribution in [0, 0.1) is 0 Å². The summed E-state index contributed by atoms with van der Waals surface area (Å²) in [5.74, 6) is 1.93. The van der Waals surface area contributed by atoms with Crippen LogP contribution in [0.2, 0.25) is 0 Å². The van der Waals surface area contributed by atoms with Crippen molar-refractivity contribution in [3.8, 4) is 11.5 Å². The summed E-state index contributed by atoms with van der Waals surface area (Å²) in [6, 6.07) is 12.9. The Morgan fingerprint density at radius 1 is 1.11 bits per heavy atom. The number of hydrogen-bond donors (Lipinski definition) is 2. The highest BCUT2D eigenvalue weighted by molar-refractivity contribution is 5.78. The maximum Gasteiger partial charge on any atom is 0.258 e. The van der Waals surface area contributed by atoms with Crippen LogP contribution < -0.4 is 20.3 Å². The minimum absolute atomic E-state index is 0.0773. The first-order valence-corrected chi connectivity index (χ1v) is 8.82. The monoisotopic (exact) mass is 365 g/mol. The molecule has 0 fully saturated rings. The van der Waals surface area contributed by atoms with Crippen LogP contribution in [0.25, 0.3) is 10.9 Å². The largest absolute Gasteiger partial charge is 0.454 e. The third-order valence-electron chi connectivity index (χ3n) is 4.42. The van der Waals surface area contributed by atoms with Crippen molar-refractivity contribution in [2.45, 2.75) is 19.3 Å². The maximum atomic E-state index is 12.1. The maximum absolute atomic E-state index is 12.1. The molecule has 0 aliphatic carbocycles. The smallest absolute Gasteiger partial charge is 0.258 e. The molecule has 0 radical (unpaired) electrons. The van der Waals surface area contributed by atoms with E-state index in [4.69, 9.17) is 9.47 Å². The highest BCUT2D eigenvalue weighted by Crippen LogP contribution is 2.32. The van der Waals surface area contributed by atoms with Gasteiger partial charge in [0.25, 0.3) is 5.56 Å². The molecule has 138 valence electrons. The number of hydrogen-bond acceptors (Lipinski definition) is 5. The molecule has 4 rings (SSSR count). The number of ether oxygens (including phenoxy) is 2. The van der Waals surface area contributed by atoms with Crippen LogP contribution in [0.5, 0.6) is 11.5 Å². The van der Waals surface area contributed by atoms with Gasteiger partial charge in [0, 0.05) is 19.4 Å². The van der Waals surface area contributed by atoms with E-state index >= 15 is 0 Å². The molecule has 2 aromatic carbocycles. The van der Waals surface area contributed by atoms with E-state index in [1.54, 1.807) is 18.2 Å². The fourth-order valence-electron chi connectivity index (χ4n) is 3.02. The van der Waals surface area contributed by atoms with Gasteiger partial charge in [-0.3, -0.25) is 9.59 Å². The van der Waals surface area contributed by atoms with Crippen LogP contribution in [-0.4, -0.2) is 29.2 Å². The van der Waals surface area contributed by atoms with E-state index in [0.29, 0.717) is 36.1 Å². The first kappa shape index (κ1) is 17.1. The molecule has 0 saturated heterocycles. The number of aromatic amines is 1. The minimum atomic E-state index is -0.182. The fraction of sp³-hybridized carbons (Fsp3) is 0.250. The quantitative estimate of drug-likeness (QED) is 0.696. The van der Waals surface area contributed by atoms with Crippen LogP contribution in [0.3, 0.4) is 0 Å². The van der Waals surface area contributed by atoms with Gasteiger partial charge < -0.3 is 19.8 Å². The molecule has 0 unspecified atom stereocenters. The average molecular weight is 365 g/mol. The topological polar surface area (TPSA) is 93.3 Å². The number of fused-ring (bicyclic) bond motifs is 2. The van der Waals surface area contributed by atoms with Crippen LogP contribution in [0.15, 0.2) is 47.3 Å². The molecule has 7 nitrogen and oxygen atoms in total. The SMILES string of the molecule is O=C(CCc1nc2ccccc2c(=O)[nH]1)NCCc1ccc2c(c1)OCO2. The Hall–Kier alpha value is -3.35. The Kier molecular flexibility index (Phi) is 4.74. The molecule has 0 atom stereocenters. The summed E-state index contributed by atoms with van der Waals surface area (Å²) in [6.45, 7) is 0.778. The van der Waals surface area contributed by atoms with Crippen molar-refractivity contribution in [3.05, 3.63) is 64.2 Å². The van der Waals surface area contributed by atoms with Gasteiger partial charge in [-0.15, -0.1) is 0 Å². The van der Waals surface area contributed by atoms with E-state index in [-0.39, 0.29) is 24.7 Å². The van der Waals surface area contributed by atoms with Gasteiger partial charge in [-0.25, -0.2) is 4.98 Å². The highest BCUT2D eigenvalue weighted by atomic mass is 16.7. The molecule has 27 heavy (non-hydrogen) atoms. The second kappa shape index (κ2) is 7.49. The van der Waals surface area contributed by atoms with Crippen molar-refractivity contribution in [2.24, 2.45) is 0 Å². The standard InChI is InChI=1S/C20H19N3O4/c24-19(21-10-9-13-5-6-16-17(11-13)27-12-26-16)8-7-18-22-15-4-2-1-3-14(15)20(25)23-18/h1-6,11H,7-10,12H2,(H,21,24)(H,22,23,25). The lowest BCUT2D eigenvalue weighted by atomic mass is 10.1. The molecule has 2 heterocycles. The van der Waals surface area contributed by atoms with Crippen LogP contribution in [-0.2, 0) is 17.6 Å².